The molecular formula is C43H27N3O2. The lowest BCUT2D eigenvalue weighted by Gasteiger charge is -2.18. The van der Waals surface area contributed by atoms with Gasteiger partial charge in [0.25, 0.3) is 0 Å². The van der Waals surface area contributed by atoms with E-state index in [9.17, 15) is 0 Å². The van der Waals surface area contributed by atoms with Crippen LogP contribution in [0.2, 0.25) is 0 Å². The Morgan fingerprint density at radius 3 is 2.15 bits per heavy atom. The monoisotopic (exact) mass is 617 g/mol. The number of benzene rings is 6. The molecule has 5 nitrogen and oxygen atoms in total. The van der Waals surface area contributed by atoms with E-state index in [1.54, 1.807) is 0 Å². The van der Waals surface area contributed by atoms with Gasteiger partial charge in [0.2, 0.25) is 0 Å². The maximum absolute atomic E-state index is 6.32. The predicted octanol–water partition coefficient (Wildman–Crippen LogP) is 10.4. The Kier molecular flexibility index (Phi) is 5.93. The van der Waals surface area contributed by atoms with E-state index >= 15 is 0 Å². The van der Waals surface area contributed by atoms with E-state index in [4.69, 9.17) is 24.1 Å². The Labute approximate surface area is 276 Å². The topological polar surface area (TPSA) is 61.0 Å². The molecular weight excluding hydrogens is 590 g/mol. The number of nitrogens with zero attached hydrogens (tertiary/aromatic N) is 3. The summed E-state index contributed by atoms with van der Waals surface area (Å²) in [7, 11) is 0. The summed E-state index contributed by atoms with van der Waals surface area (Å²) in [5.74, 6) is 3.02. The molecule has 1 aliphatic carbocycles. The van der Waals surface area contributed by atoms with E-state index < -0.39 is 0 Å². The Hall–Kier alpha value is -6.33. The van der Waals surface area contributed by atoms with Gasteiger partial charge in [-0.1, -0.05) is 115 Å². The molecule has 0 radical (unpaired) electrons. The van der Waals surface area contributed by atoms with Crippen LogP contribution in [0.15, 0.2) is 156 Å². The summed E-state index contributed by atoms with van der Waals surface area (Å²) in [5.41, 5.74) is 8.11. The van der Waals surface area contributed by atoms with Gasteiger partial charge in [-0.05, 0) is 58.3 Å². The molecule has 0 fully saturated rings. The van der Waals surface area contributed by atoms with Gasteiger partial charge in [0.15, 0.2) is 17.5 Å². The van der Waals surface area contributed by atoms with Crippen LogP contribution in [0.3, 0.4) is 0 Å². The molecule has 0 saturated carbocycles. The maximum Gasteiger partial charge on any atom is 0.164 e. The smallest absolute Gasteiger partial charge is 0.164 e. The fraction of sp³-hybridized carbons (Fsp3) is 0.0465. The molecule has 8 aromatic rings. The standard InChI is InChI=1S/C43H27N3O2/c1-2-9-26(10-3-1)41-44-42(46-43(45-41)31-21-22-34-33-11-4-6-14-36(33)48-39(34)25-31)30-20-18-27-23-29(19-17-28(27)24-30)32-13-8-16-38-40(32)35-12-5-7-15-37(35)47-38/h1-25,34,39H. The molecule has 10 rings (SSSR count). The number of hydrogen-bond acceptors (Lipinski definition) is 5. The summed E-state index contributed by atoms with van der Waals surface area (Å²) in [5, 5.41) is 4.52. The lowest BCUT2D eigenvalue weighted by molar-refractivity contribution is 0.269. The van der Waals surface area contributed by atoms with Crippen LogP contribution < -0.4 is 4.74 Å². The first-order valence-electron chi connectivity index (χ1n) is 16.2. The largest absolute Gasteiger partial charge is 0.485 e. The summed E-state index contributed by atoms with van der Waals surface area (Å²) in [6, 6.07) is 45.9. The lowest BCUT2D eigenvalue weighted by Crippen LogP contribution is -2.18. The Balaban J connectivity index is 1.06. The van der Waals surface area contributed by atoms with Crippen molar-refractivity contribution in [1.29, 1.82) is 0 Å². The van der Waals surface area contributed by atoms with Crippen LogP contribution in [0.25, 0.3) is 72.2 Å². The minimum absolute atomic E-state index is 0.0939. The van der Waals surface area contributed by atoms with E-state index in [0.717, 1.165) is 66.3 Å². The van der Waals surface area contributed by atoms with Crippen LogP contribution >= 0.6 is 0 Å². The minimum Gasteiger partial charge on any atom is -0.485 e. The number of furan rings is 1. The second kappa shape index (κ2) is 10.6. The molecule has 2 aromatic heterocycles. The summed E-state index contributed by atoms with van der Waals surface area (Å²) in [4.78, 5) is 15.0. The fourth-order valence-corrected chi connectivity index (χ4v) is 7.12. The third-order valence-electron chi connectivity index (χ3n) is 9.46. The van der Waals surface area contributed by atoms with Crippen molar-refractivity contribution in [2.45, 2.75) is 12.0 Å². The van der Waals surface area contributed by atoms with Gasteiger partial charge in [-0.25, -0.2) is 15.0 Å². The number of aromatic nitrogens is 3. The Morgan fingerprint density at radius 1 is 0.542 bits per heavy atom. The van der Waals surface area contributed by atoms with E-state index in [1.165, 1.54) is 5.56 Å². The normalized spacial score (nSPS) is 16.5. The van der Waals surface area contributed by atoms with E-state index in [0.29, 0.717) is 17.5 Å². The summed E-state index contributed by atoms with van der Waals surface area (Å²) >= 11 is 0. The molecule has 6 aromatic carbocycles. The average Bonchev–Trinajstić information content (AvgIpc) is 3.73. The number of fused-ring (bicyclic) bond motifs is 7. The van der Waals surface area contributed by atoms with Crippen molar-refractivity contribution < 1.29 is 9.15 Å². The molecule has 0 bridgehead atoms. The molecule has 0 spiro atoms. The zero-order valence-corrected chi connectivity index (χ0v) is 25.7. The summed E-state index contributed by atoms with van der Waals surface area (Å²) in [6.07, 6.45) is 6.37. The molecule has 1 aliphatic heterocycles. The van der Waals surface area contributed by atoms with Gasteiger partial charge in [-0.2, -0.15) is 0 Å². The van der Waals surface area contributed by atoms with Crippen LogP contribution in [0.5, 0.6) is 5.75 Å². The van der Waals surface area contributed by atoms with Crippen LogP contribution in [-0.4, -0.2) is 21.1 Å². The van der Waals surface area contributed by atoms with Crippen molar-refractivity contribution in [2.24, 2.45) is 0 Å². The quantitative estimate of drug-likeness (QED) is 0.197. The van der Waals surface area contributed by atoms with Crippen LogP contribution in [0, 0.1) is 0 Å². The van der Waals surface area contributed by atoms with Gasteiger partial charge in [0.05, 0.1) is 0 Å². The van der Waals surface area contributed by atoms with Crippen molar-refractivity contribution in [2.75, 3.05) is 0 Å². The van der Waals surface area contributed by atoms with Crippen LogP contribution in [0.4, 0.5) is 0 Å². The van der Waals surface area contributed by atoms with Gasteiger partial charge in [-0.3, -0.25) is 0 Å². The highest BCUT2D eigenvalue weighted by Gasteiger charge is 2.33. The highest BCUT2D eigenvalue weighted by atomic mass is 16.5. The van der Waals surface area contributed by atoms with E-state index in [2.05, 4.69) is 91.0 Å². The maximum atomic E-state index is 6.32. The Bertz CT molecular complexity index is 2620. The van der Waals surface area contributed by atoms with Gasteiger partial charge < -0.3 is 9.15 Å². The zero-order valence-electron chi connectivity index (χ0n) is 25.7. The predicted molar refractivity (Wildman–Crippen MR) is 192 cm³/mol. The molecule has 0 saturated heterocycles. The molecule has 0 amide bonds. The SMILES string of the molecule is C1=CC2c3ccccc3OC2C=C1c1nc(-c2ccccc2)nc(-c2ccc3cc(-c4cccc5oc6ccccc6c45)ccc3c2)n1. The molecule has 2 unspecified atom stereocenters. The first kappa shape index (κ1) is 26.8. The molecule has 3 heterocycles. The number of rotatable bonds is 4. The molecule has 226 valence electrons. The van der Waals surface area contributed by atoms with Gasteiger partial charge in [0, 0.05) is 39.0 Å². The van der Waals surface area contributed by atoms with Crippen molar-refractivity contribution in [3.8, 4) is 39.7 Å². The van der Waals surface area contributed by atoms with Crippen molar-refractivity contribution in [3.63, 3.8) is 0 Å². The number of para-hydroxylation sites is 2. The second-order valence-corrected chi connectivity index (χ2v) is 12.4. The average molecular weight is 618 g/mol. The molecule has 5 heteroatoms. The highest BCUT2D eigenvalue weighted by Crippen LogP contribution is 2.43. The molecule has 0 N–H and O–H groups in total. The number of allylic oxidation sites excluding steroid dienone is 2. The van der Waals surface area contributed by atoms with Gasteiger partial charge in [0.1, 0.15) is 23.0 Å². The van der Waals surface area contributed by atoms with Gasteiger partial charge in [-0.15, -0.1) is 0 Å². The number of hydrogen-bond donors (Lipinski definition) is 0. The van der Waals surface area contributed by atoms with E-state index in [-0.39, 0.29) is 12.0 Å². The second-order valence-electron chi connectivity index (χ2n) is 12.4. The summed E-state index contributed by atoms with van der Waals surface area (Å²) in [6.45, 7) is 0. The first-order chi connectivity index (χ1) is 23.7. The molecule has 2 atom stereocenters. The van der Waals surface area contributed by atoms with Crippen molar-refractivity contribution >= 4 is 38.3 Å². The fourth-order valence-electron chi connectivity index (χ4n) is 7.12. The minimum atomic E-state index is -0.0939. The van der Waals surface area contributed by atoms with Crippen molar-refractivity contribution in [1.82, 2.24) is 15.0 Å². The zero-order chi connectivity index (χ0) is 31.6. The third-order valence-corrected chi connectivity index (χ3v) is 9.46. The highest BCUT2D eigenvalue weighted by molar-refractivity contribution is 6.12. The number of ether oxygens (including phenoxy) is 1. The molecule has 2 aliphatic rings. The lowest BCUT2D eigenvalue weighted by atomic mass is 9.89. The Morgan fingerprint density at radius 2 is 1.25 bits per heavy atom. The van der Waals surface area contributed by atoms with Crippen LogP contribution in [-0.2, 0) is 0 Å². The molecule has 48 heavy (non-hydrogen) atoms. The third kappa shape index (κ3) is 4.36. The summed E-state index contributed by atoms with van der Waals surface area (Å²) < 4.78 is 12.5. The van der Waals surface area contributed by atoms with E-state index in [1.807, 2.05) is 60.7 Å². The first-order valence-corrected chi connectivity index (χ1v) is 16.2. The van der Waals surface area contributed by atoms with Crippen LogP contribution in [0.1, 0.15) is 17.3 Å². The van der Waals surface area contributed by atoms with Gasteiger partial charge >= 0.3 is 0 Å². The van der Waals surface area contributed by atoms with Crippen molar-refractivity contribution in [3.05, 3.63) is 163 Å².